The quantitative estimate of drug-likeness (QED) is 0.503. The molecule has 3 fully saturated rings. The molecule has 2 aromatic heterocycles. The van der Waals surface area contributed by atoms with Crippen molar-refractivity contribution in [3.05, 3.63) is 57.4 Å². The minimum atomic E-state index is -0.444. The number of nitrogens with zero attached hydrogens (tertiary/aromatic N) is 2. The van der Waals surface area contributed by atoms with Crippen LogP contribution in [-0.2, 0) is 9.53 Å². The van der Waals surface area contributed by atoms with Crippen molar-refractivity contribution in [3.63, 3.8) is 0 Å². The summed E-state index contributed by atoms with van der Waals surface area (Å²) in [7, 11) is 0. The van der Waals surface area contributed by atoms with Crippen molar-refractivity contribution in [1.29, 1.82) is 0 Å². The summed E-state index contributed by atoms with van der Waals surface area (Å²) < 4.78 is 5.54. The van der Waals surface area contributed by atoms with Crippen molar-refractivity contribution in [2.75, 3.05) is 31.6 Å². The van der Waals surface area contributed by atoms with Crippen LogP contribution >= 0.6 is 22.9 Å². The van der Waals surface area contributed by atoms with Crippen LogP contribution in [0.15, 0.2) is 41.9 Å². The van der Waals surface area contributed by atoms with Gasteiger partial charge in [0.2, 0.25) is 5.91 Å². The number of hydrogen-bond acceptors (Lipinski definition) is 6. The molecule has 2 saturated heterocycles. The van der Waals surface area contributed by atoms with Gasteiger partial charge in [0.15, 0.2) is 0 Å². The van der Waals surface area contributed by atoms with Gasteiger partial charge in [-0.2, -0.15) is 0 Å². The van der Waals surface area contributed by atoms with Crippen LogP contribution in [0.25, 0.3) is 10.8 Å². The summed E-state index contributed by atoms with van der Waals surface area (Å²) in [5.74, 6) is 1.36. The molecule has 0 unspecified atom stereocenters. The number of fused-ring (bicyclic) bond motifs is 1. The number of rotatable bonds is 5. The van der Waals surface area contributed by atoms with Crippen LogP contribution in [0.3, 0.4) is 0 Å². The SMILES string of the molecule is C[C@]1(N2CCC(c3cc4cc(NC(=O)[C@@H]5C[C@H]5c5cccs5)ncc4cc3Cl)CC2)COC[C@H]1O. The van der Waals surface area contributed by atoms with Gasteiger partial charge in [0.25, 0.3) is 0 Å². The molecule has 4 heterocycles. The van der Waals surface area contributed by atoms with Gasteiger partial charge in [0, 0.05) is 33.3 Å². The maximum absolute atomic E-state index is 12.8. The lowest BCUT2D eigenvalue weighted by Crippen LogP contribution is -2.56. The second-order valence-electron chi connectivity index (χ2n) is 10.4. The summed E-state index contributed by atoms with van der Waals surface area (Å²) in [6.45, 7) is 4.89. The number of anilines is 1. The van der Waals surface area contributed by atoms with Crippen LogP contribution in [0.1, 0.15) is 48.5 Å². The minimum Gasteiger partial charge on any atom is -0.389 e. The molecule has 1 saturated carbocycles. The van der Waals surface area contributed by atoms with E-state index in [-0.39, 0.29) is 17.4 Å². The first kappa shape index (κ1) is 23.4. The average Bonchev–Trinajstić information content (AvgIpc) is 3.32. The molecule has 3 aromatic rings. The highest BCUT2D eigenvalue weighted by atomic mass is 35.5. The Hall–Kier alpha value is -2.03. The van der Waals surface area contributed by atoms with E-state index >= 15 is 0 Å². The van der Waals surface area contributed by atoms with Gasteiger partial charge in [-0.05, 0) is 85.8 Å². The van der Waals surface area contributed by atoms with Crippen molar-refractivity contribution in [2.45, 2.75) is 49.7 Å². The summed E-state index contributed by atoms with van der Waals surface area (Å²) in [5, 5.41) is 18.3. The van der Waals surface area contributed by atoms with E-state index in [1.807, 2.05) is 18.2 Å². The lowest BCUT2D eigenvalue weighted by molar-refractivity contribution is -0.117. The summed E-state index contributed by atoms with van der Waals surface area (Å²) >= 11 is 8.44. The molecule has 184 valence electrons. The Bertz CT molecular complexity index is 1240. The summed E-state index contributed by atoms with van der Waals surface area (Å²) in [4.78, 5) is 20.9. The number of aliphatic hydroxyl groups excluding tert-OH is 1. The number of piperidine rings is 1. The molecule has 35 heavy (non-hydrogen) atoms. The predicted octanol–water partition coefficient (Wildman–Crippen LogP) is 5.02. The lowest BCUT2D eigenvalue weighted by atomic mass is 9.85. The van der Waals surface area contributed by atoms with Crippen molar-refractivity contribution >= 4 is 45.4 Å². The van der Waals surface area contributed by atoms with E-state index in [9.17, 15) is 9.90 Å². The first-order valence-corrected chi connectivity index (χ1v) is 13.6. The van der Waals surface area contributed by atoms with E-state index < -0.39 is 6.10 Å². The van der Waals surface area contributed by atoms with Gasteiger partial charge in [-0.15, -0.1) is 11.3 Å². The molecule has 3 aliphatic rings. The lowest BCUT2D eigenvalue weighted by Gasteiger charge is -2.43. The number of aromatic nitrogens is 1. The fourth-order valence-electron chi connectivity index (χ4n) is 5.74. The van der Waals surface area contributed by atoms with Gasteiger partial charge in [0.05, 0.1) is 24.9 Å². The largest absolute Gasteiger partial charge is 0.389 e. The Morgan fingerprint density at radius 2 is 2.11 bits per heavy atom. The van der Waals surface area contributed by atoms with Gasteiger partial charge in [-0.25, -0.2) is 4.98 Å². The number of amides is 1. The van der Waals surface area contributed by atoms with E-state index in [4.69, 9.17) is 16.3 Å². The van der Waals surface area contributed by atoms with E-state index in [1.54, 1.807) is 17.5 Å². The molecule has 0 spiro atoms. The van der Waals surface area contributed by atoms with Crippen molar-refractivity contribution in [1.82, 2.24) is 9.88 Å². The van der Waals surface area contributed by atoms with Crippen molar-refractivity contribution in [3.8, 4) is 0 Å². The van der Waals surface area contributed by atoms with Crippen LogP contribution in [0, 0.1) is 5.92 Å². The summed E-state index contributed by atoms with van der Waals surface area (Å²) in [5.41, 5.74) is 0.844. The molecule has 6 nitrogen and oxygen atoms in total. The van der Waals surface area contributed by atoms with E-state index in [2.05, 4.69) is 39.6 Å². The zero-order chi connectivity index (χ0) is 24.2. The molecule has 6 rings (SSSR count). The molecule has 1 aromatic carbocycles. The number of pyridine rings is 1. The number of aliphatic hydroxyl groups is 1. The molecular weight excluding hydrogens is 482 g/mol. The second-order valence-corrected chi connectivity index (χ2v) is 11.8. The number of hydrogen-bond donors (Lipinski definition) is 2. The molecular formula is C27H30ClN3O3S. The summed E-state index contributed by atoms with van der Waals surface area (Å²) in [6, 6.07) is 10.3. The molecule has 0 radical (unpaired) electrons. The van der Waals surface area contributed by atoms with Gasteiger partial charge in [0.1, 0.15) is 5.82 Å². The molecule has 2 aliphatic heterocycles. The predicted molar refractivity (Wildman–Crippen MR) is 139 cm³/mol. The second kappa shape index (κ2) is 9.12. The highest BCUT2D eigenvalue weighted by Gasteiger charge is 2.45. The van der Waals surface area contributed by atoms with Gasteiger partial charge >= 0.3 is 0 Å². The molecule has 1 amide bonds. The van der Waals surface area contributed by atoms with Gasteiger partial charge in [-0.1, -0.05) is 17.7 Å². The van der Waals surface area contributed by atoms with Crippen molar-refractivity contribution in [2.24, 2.45) is 5.92 Å². The normalized spacial score (nSPS) is 29.5. The van der Waals surface area contributed by atoms with Gasteiger partial charge in [-0.3, -0.25) is 9.69 Å². The van der Waals surface area contributed by atoms with Crippen LogP contribution in [0.2, 0.25) is 5.02 Å². The van der Waals surface area contributed by atoms with Crippen molar-refractivity contribution < 1.29 is 14.6 Å². The fourth-order valence-corrected chi connectivity index (χ4v) is 6.97. The number of halogens is 1. The molecule has 8 heteroatoms. The third-order valence-electron chi connectivity index (χ3n) is 8.17. The standard InChI is InChI=1S/C27H30ClN3O3S/c1-27(15-34-14-24(27)32)31-6-4-16(5-7-31)19-9-17-11-25(29-13-18(17)10-22(19)28)30-26(33)21-12-20(21)23-3-2-8-35-23/h2-3,8-11,13,16,20-21,24,32H,4-7,12,14-15H2,1H3,(H,29,30,33)/t20-,21-,24-,27+/m1/s1. The van der Waals surface area contributed by atoms with E-state index in [0.717, 1.165) is 53.7 Å². The van der Waals surface area contributed by atoms with Crippen LogP contribution in [-0.4, -0.2) is 58.8 Å². The Labute approximate surface area is 214 Å². The maximum Gasteiger partial charge on any atom is 0.229 e. The number of ether oxygens (including phenoxy) is 1. The highest BCUT2D eigenvalue weighted by Crippen LogP contribution is 2.49. The average molecular weight is 512 g/mol. The van der Waals surface area contributed by atoms with Crippen LogP contribution in [0.5, 0.6) is 0 Å². The first-order valence-electron chi connectivity index (χ1n) is 12.4. The maximum atomic E-state index is 12.8. The third kappa shape index (κ3) is 4.38. The molecule has 4 atom stereocenters. The van der Waals surface area contributed by atoms with Crippen LogP contribution < -0.4 is 5.32 Å². The summed E-state index contributed by atoms with van der Waals surface area (Å²) in [6.07, 6.45) is 4.21. The van der Waals surface area contributed by atoms with Gasteiger partial charge < -0.3 is 15.2 Å². The van der Waals surface area contributed by atoms with Crippen LogP contribution in [0.4, 0.5) is 5.82 Å². The molecule has 0 bridgehead atoms. The van der Waals surface area contributed by atoms with E-state index in [0.29, 0.717) is 30.9 Å². The number of carbonyl (C=O) groups excluding carboxylic acids is 1. The molecule has 2 N–H and O–H groups in total. The Kier molecular flexibility index (Phi) is 6.09. The number of nitrogens with one attached hydrogen (secondary N) is 1. The Morgan fingerprint density at radius 1 is 1.29 bits per heavy atom. The smallest absolute Gasteiger partial charge is 0.229 e. The fraction of sp³-hybridized carbons (Fsp3) is 0.481. The number of benzene rings is 1. The number of likely N-dealkylation sites (tertiary alicyclic amines) is 1. The Balaban J connectivity index is 1.15. The zero-order valence-electron chi connectivity index (χ0n) is 19.7. The first-order chi connectivity index (χ1) is 16.9. The number of thiophene rings is 1. The Morgan fingerprint density at radius 3 is 2.83 bits per heavy atom. The molecule has 1 aliphatic carbocycles. The monoisotopic (exact) mass is 511 g/mol. The third-order valence-corrected chi connectivity index (χ3v) is 9.50. The van der Waals surface area contributed by atoms with E-state index in [1.165, 1.54) is 4.88 Å². The highest BCUT2D eigenvalue weighted by molar-refractivity contribution is 7.10. The number of carbonyl (C=O) groups is 1. The topological polar surface area (TPSA) is 74.7 Å². The zero-order valence-corrected chi connectivity index (χ0v) is 21.3. The minimum absolute atomic E-state index is 0.0303.